The zero-order chi connectivity index (χ0) is 40.9. The monoisotopic (exact) mass is 792 g/mol. The smallest absolute Gasteiger partial charge is 0.330 e. The van der Waals surface area contributed by atoms with Gasteiger partial charge in [0, 0.05) is 18.1 Å². The molecule has 0 spiro atoms. The number of carbonyl (C=O) groups excluding carboxylic acids is 1. The van der Waals surface area contributed by atoms with Crippen molar-refractivity contribution in [1.29, 1.82) is 0 Å². The van der Waals surface area contributed by atoms with Crippen LogP contribution < -0.4 is 10.4 Å². The summed E-state index contributed by atoms with van der Waals surface area (Å²) in [6.07, 6.45) is 10.4. The normalized spacial score (nSPS) is 18.1. The van der Waals surface area contributed by atoms with Crippen LogP contribution in [0, 0.1) is 5.92 Å². The van der Waals surface area contributed by atoms with Gasteiger partial charge in [0.2, 0.25) is 0 Å². The van der Waals surface area contributed by atoms with Gasteiger partial charge in [-0.15, -0.1) is 0 Å². The van der Waals surface area contributed by atoms with Crippen LogP contribution in [0.3, 0.4) is 0 Å². The van der Waals surface area contributed by atoms with E-state index >= 15 is 0 Å². The molecule has 0 amide bonds. The molecule has 5 aromatic carbocycles. The highest BCUT2D eigenvalue weighted by atomic mass is 28.4. The second-order valence-electron chi connectivity index (χ2n) is 16.2. The van der Waals surface area contributed by atoms with Gasteiger partial charge in [0.25, 0.3) is 8.32 Å². The molecule has 0 unspecified atom stereocenters. The summed E-state index contributed by atoms with van der Waals surface area (Å²) >= 11 is 0. The highest BCUT2D eigenvalue weighted by Gasteiger charge is 2.51. The lowest BCUT2D eigenvalue weighted by molar-refractivity contribution is -0.137. The van der Waals surface area contributed by atoms with Gasteiger partial charge >= 0.3 is 5.97 Å². The van der Waals surface area contributed by atoms with Crippen molar-refractivity contribution in [2.45, 2.75) is 89.3 Å². The molecule has 1 aliphatic rings. The second-order valence-corrected chi connectivity index (χ2v) is 20.4. The van der Waals surface area contributed by atoms with Crippen molar-refractivity contribution in [3.05, 3.63) is 193 Å². The molecule has 0 radical (unpaired) electrons. The lowest BCUT2D eigenvalue weighted by Gasteiger charge is -2.45. The van der Waals surface area contributed by atoms with E-state index < -0.39 is 13.9 Å². The number of esters is 1. The first-order chi connectivity index (χ1) is 28.2. The first-order valence-corrected chi connectivity index (χ1v) is 22.8. The van der Waals surface area contributed by atoms with Gasteiger partial charge in [0.1, 0.15) is 5.60 Å². The number of hydrogen-bond donors (Lipinski definition) is 0. The van der Waals surface area contributed by atoms with E-state index in [4.69, 9.17) is 18.6 Å². The predicted molar refractivity (Wildman–Crippen MR) is 239 cm³/mol. The van der Waals surface area contributed by atoms with Crippen LogP contribution in [-0.4, -0.2) is 45.8 Å². The number of carbonyl (C=O) groups is 1. The maximum atomic E-state index is 12.4. The quantitative estimate of drug-likeness (QED) is 0.0291. The molecule has 6 heteroatoms. The summed E-state index contributed by atoms with van der Waals surface area (Å²) in [5, 5.41) is 2.39. The first-order valence-electron chi connectivity index (χ1n) is 20.9. The lowest BCUT2D eigenvalue weighted by atomic mass is 9.80. The molecule has 1 saturated heterocycles. The van der Waals surface area contributed by atoms with Crippen molar-refractivity contribution >= 4 is 24.7 Å². The van der Waals surface area contributed by atoms with Gasteiger partial charge in [-0.2, -0.15) is 0 Å². The lowest BCUT2D eigenvalue weighted by Crippen LogP contribution is -2.67. The van der Waals surface area contributed by atoms with E-state index in [0.717, 1.165) is 36.0 Å². The fourth-order valence-corrected chi connectivity index (χ4v) is 13.4. The van der Waals surface area contributed by atoms with Gasteiger partial charge in [0.05, 0.1) is 25.4 Å². The van der Waals surface area contributed by atoms with E-state index in [2.05, 4.69) is 173 Å². The Hall–Kier alpha value is -4.85. The average Bonchev–Trinajstić information content (AvgIpc) is 3.66. The molecule has 58 heavy (non-hydrogen) atoms. The Morgan fingerprint density at radius 1 is 0.759 bits per heavy atom. The number of ether oxygens (including phenoxy) is 3. The fraction of sp³-hybridized carbons (Fsp3) is 0.327. The molecular formula is C52H60O5Si. The molecule has 0 aliphatic carbocycles. The van der Waals surface area contributed by atoms with Gasteiger partial charge in [-0.3, -0.25) is 0 Å². The van der Waals surface area contributed by atoms with Gasteiger partial charge in [-0.05, 0) is 77.7 Å². The minimum Gasteiger partial charge on any atom is -0.463 e. The van der Waals surface area contributed by atoms with Crippen LogP contribution in [0.15, 0.2) is 176 Å². The van der Waals surface area contributed by atoms with Gasteiger partial charge < -0.3 is 18.6 Å². The molecule has 4 atom stereocenters. The van der Waals surface area contributed by atoms with E-state index in [9.17, 15) is 4.79 Å². The van der Waals surface area contributed by atoms with Gasteiger partial charge in [-0.25, -0.2) is 4.79 Å². The minimum absolute atomic E-state index is 0.0441. The molecule has 5 nitrogen and oxygen atoms in total. The number of hydrogen-bond acceptors (Lipinski definition) is 5. The summed E-state index contributed by atoms with van der Waals surface area (Å²) in [7, 11) is -2.82. The third-order valence-corrected chi connectivity index (χ3v) is 16.5. The standard InChI is InChI=1S/C52H60O5Si/c1-6-8-30-45(57-58(51(3,4)5,47-31-20-12-21-32-47)48-33-22-13-23-34-48)35-37-49-41(39-46(56-49)36-38-50(53)54-7-2)40-55-52(42-24-14-9-15-25-42,43-26-16-10-17-27-43)44-28-18-11-19-29-44/h6,8-29,31-34,36,38,41,45-46,49H,7,30,35,37,39-40H2,1-5H3/b8-6+,38-36+/t41-,45+,46-,49+/m0/s1. The summed E-state index contributed by atoms with van der Waals surface area (Å²) in [6.45, 7) is 11.7. The highest BCUT2D eigenvalue weighted by Crippen LogP contribution is 2.43. The maximum absolute atomic E-state index is 12.4. The molecule has 6 rings (SSSR count). The molecular weight excluding hydrogens is 733 g/mol. The van der Waals surface area contributed by atoms with Crippen LogP contribution in [0.2, 0.25) is 5.04 Å². The summed E-state index contributed by atoms with van der Waals surface area (Å²) in [5.41, 5.74) is 2.33. The summed E-state index contributed by atoms with van der Waals surface area (Å²) < 4.78 is 27.2. The van der Waals surface area contributed by atoms with E-state index in [1.165, 1.54) is 16.4 Å². The second kappa shape index (κ2) is 20.2. The molecule has 0 bridgehead atoms. The van der Waals surface area contributed by atoms with Crippen molar-refractivity contribution in [2.75, 3.05) is 13.2 Å². The van der Waals surface area contributed by atoms with Crippen LogP contribution in [-0.2, 0) is 29.0 Å². The molecule has 0 N–H and O–H groups in total. The molecule has 0 saturated carbocycles. The topological polar surface area (TPSA) is 54.0 Å². The van der Waals surface area contributed by atoms with Crippen molar-refractivity contribution in [1.82, 2.24) is 0 Å². The number of benzene rings is 5. The molecule has 0 aromatic heterocycles. The molecule has 1 fully saturated rings. The average molecular weight is 793 g/mol. The third kappa shape index (κ3) is 9.87. The van der Waals surface area contributed by atoms with E-state index in [1.807, 2.05) is 31.2 Å². The zero-order valence-corrected chi connectivity index (χ0v) is 35.8. The Kier molecular flexibility index (Phi) is 14.9. The van der Waals surface area contributed by atoms with Crippen LogP contribution in [0.25, 0.3) is 0 Å². The van der Waals surface area contributed by atoms with Crippen molar-refractivity contribution in [2.24, 2.45) is 5.92 Å². The van der Waals surface area contributed by atoms with Gasteiger partial charge in [-0.1, -0.05) is 185 Å². The minimum atomic E-state index is -2.82. The summed E-state index contributed by atoms with van der Waals surface area (Å²) in [6, 6.07) is 53.3. The Bertz CT molecular complexity index is 1890. The SMILES string of the molecule is C/C=C/C[C@H](CC[C@H]1O[C@@H](/C=C/C(=O)OCC)C[C@H]1COC(c1ccccc1)(c1ccccc1)c1ccccc1)O[Si](c1ccccc1)(c1ccccc1)C(C)(C)C. The molecule has 1 aliphatic heterocycles. The number of allylic oxidation sites excluding steroid dienone is 1. The zero-order valence-electron chi connectivity index (χ0n) is 34.8. The van der Waals surface area contributed by atoms with Crippen LogP contribution in [0.1, 0.15) is 77.0 Å². The van der Waals surface area contributed by atoms with Crippen molar-refractivity contribution in [3.63, 3.8) is 0 Å². The molecule has 1 heterocycles. The van der Waals surface area contributed by atoms with Crippen molar-refractivity contribution in [3.8, 4) is 0 Å². The summed E-state index contributed by atoms with van der Waals surface area (Å²) in [4.78, 5) is 12.4. The Morgan fingerprint density at radius 3 is 1.69 bits per heavy atom. The van der Waals surface area contributed by atoms with Crippen LogP contribution >= 0.6 is 0 Å². The van der Waals surface area contributed by atoms with Crippen molar-refractivity contribution < 1.29 is 23.4 Å². The highest BCUT2D eigenvalue weighted by molar-refractivity contribution is 6.99. The van der Waals surface area contributed by atoms with E-state index in [0.29, 0.717) is 19.6 Å². The van der Waals surface area contributed by atoms with E-state index in [1.54, 1.807) is 0 Å². The molecule has 5 aromatic rings. The fourth-order valence-electron chi connectivity index (χ4n) is 8.63. The Balaban J connectivity index is 1.34. The van der Waals surface area contributed by atoms with Crippen LogP contribution in [0.4, 0.5) is 0 Å². The third-order valence-electron chi connectivity index (χ3n) is 11.4. The van der Waals surface area contributed by atoms with Crippen LogP contribution in [0.5, 0.6) is 0 Å². The molecule has 302 valence electrons. The van der Waals surface area contributed by atoms with Gasteiger partial charge in [0.15, 0.2) is 0 Å². The maximum Gasteiger partial charge on any atom is 0.330 e. The van der Waals surface area contributed by atoms with E-state index in [-0.39, 0.29) is 35.2 Å². The Morgan fingerprint density at radius 2 is 1.24 bits per heavy atom. The largest absolute Gasteiger partial charge is 0.463 e. The Labute approximate surface area is 347 Å². The summed E-state index contributed by atoms with van der Waals surface area (Å²) in [5.74, 6) is -0.314. The first kappa shape index (κ1) is 42.7. The predicted octanol–water partition coefficient (Wildman–Crippen LogP) is 10.6. The number of rotatable bonds is 18.